The Morgan fingerprint density at radius 1 is 0.868 bits per heavy atom. The number of aromatic nitrogens is 4. The van der Waals surface area contributed by atoms with E-state index in [2.05, 4.69) is 15.0 Å². The lowest BCUT2D eigenvalue weighted by Crippen LogP contribution is -2.17. The molecule has 2 heterocycles. The van der Waals surface area contributed by atoms with Gasteiger partial charge in [0.25, 0.3) is 10.0 Å². The number of benzene rings is 3. The van der Waals surface area contributed by atoms with Gasteiger partial charge in [-0.2, -0.15) is 0 Å². The fraction of sp³-hybridized carbons (Fsp3) is 0.0385. The van der Waals surface area contributed by atoms with Crippen LogP contribution in [0.3, 0.4) is 0 Å². The fourth-order valence-electron chi connectivity index (χ4n) is 4.06. The van der Waals surface area contributed by atoms with Gasteiger partial charge in [0.1, 0.15) is 23.2 Å². The zero-order valence-electron chi connectivity index (χ0n) is 19.7. The van der Waals surface area contributed by atoms with Crippen LogP contribution in [0, 0.1) is 17.5 Å². The molecule has 0 saturated carbocycles. The second-order valence-corrected chi connectivity index (χ2v) is 9.80. The average Bonchev–Trinajstić information content (AvgIpc) is 3.22. The van der Waals surface area contributed by atoms with Gasteiger partial charge in [0.05, 0.1) is 17.1 Å². The molecule has 0 aliphatic rings. The van der Waals surface area contributed by atoms with Crippen molar-refractivity contribution >= 4 is 21.7 Å². The van der Waals surface area contributed by atoms with E-state index in [0.29, 0.717) is 17.2 Å². The molecule has 0 radical (unpaired) electrons. The van der Waals surface area contributed by atoms with Crippen molar-refractivity contribution in [1.82, 2.24) is 19.5 Å². The van der Waals surface area contributed by atoms with Crippen molar-refractivity contribution in [2.45, 2.75) is 4.90 Å². The maximum Gasteiger partial charge on any atom is 0.267 e. The molecule has 0 aliphatic heterocycles. The maximum atomic E-state index is 15.9. The molecule has 5 rings (SSSR count). The Labute approximate surface area is 215 Å². The highest BCUT2D eigenvalue weighted by Crippen LogP contribution is 2.38. The molecule has 0 amide bonds. The largest absolute Gasteiger partial charge is 0.368 e. The Morgan fingerprint density at radius 2 is 1.55 bits per heavy atom. The van der Waals surface area contributed by atoms with E-state index in [-0.39, 0.29) is 17.2 Å². The first-order chi connectivity index (χ1) is 18.2. The highest BCUT2D eigenvalue weighted by atomic mass is 32.2. The molecule has 3 aromatic carbocycles. The van der Waals surface area contributed by atoms with Gasteiger partial charge in [0.2, 0.25) is 5.95 Å². The van der Waals surface area contributed by atoms with E-state index in [0.717, 1.165) is 29.8 Å². The van der Waals surface area contributed by atoms with E-state index in [1.807, 2.05) is 35.1 Å². The number of anilines is 2. The molecule has 2 aromatic heterocycles. The Hall–Kier alpha value is -4.71. The molecule has 0 atom stereocenters. The normalized spacial score (nSPS) is 11.5. The van der Waals surface area contributed by atoms with E-state index < -0.39 is 38.1 Å². The first kappa shape index (κ1) is 25.0. The van der Waals surface area contributed by atoms with Gasteiger partial charge in [0, 0.05) is 24.4 Å². The average molecular weight is 537 g/mol. The summed E-state index contributed by atoms with van der Waals surface area (Å²) < 4.78 is 73.5. The van der Waals surface area contributed by atoms with Crippen LogP contribution in [0.4, 0.5) is 24.8 Å². The number of rotatable bonds is 6. The van der Waals surface area contributed by atoms with Crippen LogP contribution in [-0.4, -0.2) is 27.9 Å². The number of sulfonamides is 1. The van der Waals surface area contributed by atoms with Crippen molar-refractivity contribution in [3.05, 3.63) is 96.4 Å². The minimum absolute atomic E-state index is 0.00944. The third-order valence-corrected chi connectivity index (χ3v) is 7.15. The fourth-order valence-corrected chi connectivity index (χ4v) is 5.26. The van der Waals surface area contributed by atoms with Crippen molar-refractivity contribution in [3.8, 4) is 34.0 Å². The summed E-state index contributed by atoms with van der Waals surface area (Å²) in [6, 6.07) is 17.3. The molecule has 192 valence electrons. The Kier molecular flexibility index (Phi) is 6.33. The van der Waals surface area contributed by atoms with Crippen molar-refractivity contribution < 1.29 is 21.6 Å². The second-order valence-electron chi connectivity index (χ2n) is 8.18. The number of hydrogen-bond acceptors (Lipinski definition) is 6. The molecule has 12 heteroatoms. The van der Waals surface area contributed by atoms with Crippen LogP contribution in [0.1, 0.15) is 0 Å². The molecule has 3 N–H and O–H groups in total. The monoisotopic (exact) mass is 536 g/mol. The van der Waals surface area contributed by atoms with Crippen molar-refractivity contribution in [3.63, 3.8) is 0 Å². The number of imidazole rings is 1. The van der Waals surface area contributed by atoms with Crippen LogP contribution in [0.15, 0.2) is 83.9 Å². The molecule has 5 aromatic rings. The quantitative estimate of drug-likeness (QED) is 0.315. The van der Waals surface area contributed by atoms with Gasteiger partial charge in [-0.3, -0.25) is 4.72 Å². The van der Waals surface area contributed by atoms with Crippen molar-refractivity contribution in [2.24, 2.45) is 7.05 Å². The Balaban J connectivity index is 1.68. The van der Waals surface area contributed by atoms with E-state index in [1.165, 1.54) is 18.3 Å². The molecule has 0 spiro atoms. The number of nitrogens with one attached hydrogen (secondary N) is 1. The van der Waals surface area contributed by atoms with Crippen LogP contribution >= 0.6 is 0 Å². The summed E-state index contributed by atoms with van der Waals surface area (Å²) >= 11 is 0. The standard InChI is InChI=1S/C26H19F3N6O2S/c1-35-23(20-13-14-31-26(30)32-20)22(33-25(35)15-7-3-2-4-8-15)16-9-5-12-19(21(16)29)34-38(36,37)24-17(27)10-6-11-18(24)28/h2-14,34H,1H3,(H2,30,31,32). The first-order valence-corrected chi connectivity index (χ1v) is 12.6. The zero-order valence-corrected chi connectivity index (χ0v) is 20.5. The zero-order chi connectivity index (χ0) is 27.0. The Bertz CT molecular complexity index is 1760. The molecule has 0 saturated heterocycles. The minimum atomic E-state index is -4.81. The van der Waals surface area contributed by atoms with Gasteiger partial charge in [-0.25, -0.2) is 36.5 Å². The third-order valence-electron chi connectivity index (χ3n) is 5.73. The summed E-state index contributed by atoms with van der Waals surface area (Å²) in [7, 11) is -3.09. The predicted molar refractivity (Wildman–Crippen MR) is 137 cm³/mol. The molecular weight excluding hydrogens is 517 g/mol. The van der Waals surface area contributed by atoms with Gasteiger partial charge in [-0.05, 0) is 30.3 Å². The topological polar surface area (TPSA) is 116 Å². The smallest absolute Gasteiger partial charge is 0.267 e. The lowest BCUT2D eigenvalue weighted by atomic mass is 10.1. The Morgan fingerprint density at radius 3 is 2.24 bits per heavy atom. The highest BCUT2D eigenvalue weighted by molar-refractivity contribution is 7.92. The minimum Gasteiger partial charge on any atom is -0.368 e. The van der Waals surface area contributed by atoms with Gasteiger partial charge in [-0.15, -0.1) is 0 Å². The summed E-state index contributed by atoms with van der Waals surface area (Å²) in [6.45, 7) is 0. The van der Waals surface area contributed by atoms with Crippen molar-refractivity contribution in [2.75, 3.05) is 10.5 Å². The molecule has 0 aliphatic carbocycles. The summed E-state index contributed by atoms with van der Waals surface area (Å²) in [4.78, 5) is 11.6. The first-order valence-electron chi connectivity index (χ1n) is 11.1. The highest BCUT2D eigenvalue weighted by Gasteiger charge is 2.27. The molecule has 8 nitrogen and oxygen atoms in total. The van der Waals surface area contributed by atoms with Gasteiger partial charge >= 0.3 is 0 Å². The molecule has 38 heavy (non-hydrogen) atoms. The summed E-state index contributed by atoms with van der Waals surface area (Å²) in [6.07, 6.45) is 1.44. The maximum absolute atomic E-state index is 15.9. The van der Waals surface area contributed by atoms with Gasteiger partial charge < -0.3 is 10.3 Å². The SMILES string of the molecule is Cn1c(-c2ccccc2)nc(-c2cccc(NS(=O)(=O)c3c(F)cccc3F)c2F)c1-c1ccnc(N)n1. The van der Waals surface area contributed by atoms with Crippen LogP contribution in [-0.2, 0) is 17.1 Å². The summed E-state index contributed by atoms with van der Waals surface area (Å²) in [5.74, 6) is -3.16. The van der Waals surface area contributed by atoms with E-state index >= 15 is 4.39 Å². The van der Waals surface area contributed by atoms with Crippen LogP contribution < -0.4 is 10.5 Å². The molecule has 0 bridgehead atoms. The van der Waals surface area contributed by atoms with Crippen LogP contribution in [0.5, 0.6) is 0 Å². The van der Waals surface area contributed by atoms with Gasteiger partial charge in [-0.1, -0.05) is 42.5 Å². The van der Waals surface area contributed by atoms with E-state index in [4.69, 9.17) is 5.73 Å². The van der Waals surface area contributed by atoms with E-state index in [1.54, 1.807) is 17.7 Å². The summed E-state index contributed by atoms with van der Waals surface area (Å²) in [5.41, 5.74) is 6.80. The lowest BCUT2D eigenvalue weighted by molar-refractivity contribution is 0.521. The molecular formula is C26H19F3N6O2S. The number of nitrogens with zero attached hydrogens (tertiary/aromatic N) is 4. The summed E-state index contributed by atoms with van der Waals surface area (Å²) in [5, 5.41) is 0. The second kappa shape index (κ2) is 9.63. The van der Waals surface area contributed by atoms with E-state index in [9.17, 15) is 17.2 Å². The van der Waals surface area contributed by atoms with Crippen LogP contribution in [0.25, 0.3) is 34.0 Å². The number of nitrogens with two attached hydrogens (primary N) is 1. The lowest BCUT2D eigenvalue weighted by Gasteiger charge is -2.13. The number of hydrogen-bond donors (Lipinski definition) is 2. The van der Waals surface area contributed by atoms with Crippen LogP contribution in [0.2, 0.25) is 0 Å². The van der Waals surface area contributed by atoms with Crippen molar-refractivity contribution in [1.29, 1.82) is 0 Å². The number of halogens is 3. The molecule has 0 unspecified atom stereocenters. The molecule has 0 fully saturated rings. The number of nitrogen functional groups attached to an aromatic ring is 1. The van der Waals surface area contributed by atoms with Gasteiger partial charge in [0.15, 0.2) is 10.7 Å². The third kappa shape index (κ3) is 4.45. The predicted octanol–water partition coefficient (Wildman–Crippen LogP) is 5.01.